The van der Waals surface area contributed by atoms with E-state index >= 15 is 0 Å². The van der Waals surface area contributed by atoms with Crippen LogP contribution in [0.4, 0.5) is 11.4 Å². The van der Waals surface area contributed by atoms with E-state index in [4.69, 9.17) is 17.3 Å². The second kappa shape index (κ2) is 6.23. The molecule has 0 bridgehead atoms. The molecule has 114 valence electrons. The second-order valence-electron chi connectivity index (χ2n) is 5.21. The van der Waals surface area contributed by atoms with Crippen molar-refractivity contribution in [2.75, 3.05) is 36.0 Å². The van der Waals surface area contributed by atoms with Gasteiger partial charge >= 0.3 is 0 Å². The zero-order valence-corrected chi connectivity index (χ0v) is 12.8. The molecule has 6 heteroatoms. The van der Waals surface area contributed by atoms with Crippen LogP contribution in [0.3, 0.4) is 0 Å². The Labute approximate surface area is 134 Å². The van der Waals surface area contributed by atoms with Gasteiger partial charge in [0.2, 0.25) is 0 Å². The third-order valence-corrected chi connectivity index (χ3v) is 4.08. The Hall–Kier alpha value is -2.27. The molecule has 1 aromatic carbocycles. The number of pyridine rings is 1. The van der Waals surface area contributed by atoms with Crippen molar-refractivity contribution in [3.8, 4) is 0 Å². The van der Waals surface area contributed by atoms with Gasteiger partial charge < -0.3 is 15.5 Å². The van der Waals surface area contributed by atoms with E-state index < -0.39 is 5.91 Å². The summed E-state index contributed by atoms with van der Waals surface area (Å²) < 4.78 is 0. The normalized spacial score (nSPS) is 15.0. The molecule has 3 rings (SSSR count). The molecule has 0 atom stereocenters. The van der Waals surface area contributed by atoms with Crippen LogP contribution in [0.2, 0.25) is 5.02 Å². The van der Waals surface area contributed by atoms with E-state index in [0.717, 1.165) is 36.9 Å². The van der Waals surface area contributed by atoms with E-state index in [-0.39, 0.29) is 0 Å². The number of primary amides is 1. The average molecular weight is 317 g/mol. The highest BCUT2D eigenvalue weighted by atomic mass is 35.5. The van der Waals surface area contributed by atoms with Crippen molar-refractivity contribution >= 4 is 28.9 Å². The summed E-state index contributed by atoms with van der Waals surface area (Å²) in [6.45, 7) is 3.58. The highest BCUT2D eigenvalue weighted by Crippen LogP contribution is 2.22. The summed E-state index contributed by atoms with van der Waals surface area (Å²) in [7, 11) is 0. The number of amides is 1. The van der Waals surface area contributed by atoms with Gasteiger partial charge in [-0.3, -0.25) is 9.78 Å². The van der Waals surface area contributed by atoms with Crippen LogP contribution in [0.1, 0.15) is 10.5 Å². The van der Waals surface area contributed by atoms with Gasteiger partial charge in [0.05, 0.1) is 0 Å². The van der Waals surface area contributed by atoms with Crippen molar-refractivity contribution < 1.29 is 4.79 Å². The minimum absolute atomic E-state index is 0.303. The fraction of sp³-hybridized carbons (Fsp3) is 0.250. The number of carbonyl (C=O) groups is 1. The Kier molecular flexibility index (Phi) is 4.15. The Morgan fingerprint density at radius 3 is 2.18 bits per heavy atom. The highest BCUT2D eigenvalue weighted by molar-refractivity contribution is 6.30. The zero-order chi connectivity index (χ0) is 15.5. The van der Waals surface area contributed by atoms with Crippen molar-refractivity contribution in [1.82, 2.24) is 4.98 Å². The molecule has 0 spiro atoms. The minimum Gasteiger partial charge on any atom is -0.368 e. The number of piperazine rings is 1. The molecule has 22 heavy (non-hydrogen) atoms. The summed E-state index contributed by atoms with van der Waals surface area (Å²) in [5.41, 5.74) is 7.75. The maximum atomic E-state index is 11.2. The first kappa shape index (κ1) is 14.7. The molecule has 1 aromatic heterocycles. The Bertz CT molecular complexity index is 666. The largest absolute Gasteiger partial charge is 0.368 e. The highest BCUT2D eigenvalue weighted by Gasteiger charge is 2.18. The van der Waals surface area contributed by atoms with Gasteiger partial charge in [0.15, 0.2) is 0 Å². The second-order valence-corrected chi connectivity index (χ2v) is 5.65. The van der Waals surface area contributed by atoms with Gasteiger partial charge in [-0.2, -0.15) is 0 Å². The van der Waals surface area contributed by atoms with Gasteiger partial charge in [0, 0.05) is 48.8 Å². The third-order valence-electron chi connectivity index (χ3n) is 3.83. The topological polar surface area (TPSA) is 62.5 Å². The van der Waals surface area contributed by atoms with Gasteiger partial charge in [-0.1, -0.05) is 11.6 Å². The summed E-state index contributed by atoms with van der Waals surface area (Å²) in [4.78, 5) is 19.8. The number of benzene rings is 1. The molecule has 1 aliphatic heterocycles. The molecule has 5 nitrogen and oxygen atoms in total. The number of aromatic nitrogens is 1. The number of hydrogen-bond acceptors (Lipinski definition) is 4. The van der Waals surface area contributed by atoms with Crippen LogP contribution < -0.4 is 15.5 Å². The van der Waals surface area contributed by atoms with Crippen LogP contribution in [0.15, 0.2) is 42.6 Å². The first-order chi connectivity index (χ1) is 10.6. The van der Waals surface area contributed by atoms with Gasteiger partial charge in [0.1, 0.15) is 5.69 Å². The molecule has 2 N–H and O–H groups in total. The average Bonchev–Trinajstić information content (AvgIpc) is 2.56. The van der Waals surface area contributed by atoms with Crippen LogP contribution in [0.25, 0.3) is 0 Å². The number of anilines is 2. The Morgan fingerprint density at radius 2 is 1.59 bits per heavy atom. The fourth-order valence-electron chi connectivity index (χ4n) is 2.63. The molecule has 1 saturated heterocycles. The minimum atomic E-state index is -0.498. The predicted octanol–water partition coefficient (Wildman–Crippen LogP) is 2.16. The molecule has 1 amide bonds. The van der Waals surface area contributed by atoms with E-state index in [0.29, 0.717) is 5.69 Å². The maximum absolute atomic E-state index is 11.2. The zero-order valence-electron chi connectivity index (χ0n) is 12.1. The number of rotatable bonds is 3. The number of hydrogen-bond donors (Lipinski definition) is 1. The van der Waals surface area contributed by atoms with Crippen LogP contribution >= 0.6 is 11.6 Å². The quantitative estimate of drug-likeness (QED) is 0.942. The van der Waals surface area contributed by atoms with Crippen LogP contribution in [-0.2, 0) is 0 Å². The molecule has 0 unspecified atom stereocenters. The smallest absolute Gasteiger partial charge is 0.267 e. The lowest BCUT2D eigenvalue weighted by molar-refractivity contribution is 0.0995. The molecule has 2 heterocycles. The number of nitrogens with two attached hydrogens (primary N) is 1. The monoisotopic (exact) mass is 316 g/mol. The molecule has 0 saturated carbocycles. The van der Waals surface area contributed by atoms with Crippen molar-refractivity contribution in [3.05, 3.63) is 53.3 Å². The number of carbonyl (C=O) groups excluding carboxylic acids is 1. The first-order valence-corrected chi connectivity index (χ1v) is 7.52. The van der Waals surface area contributed by atoms with Crippen molar-refractivity contribution in [1.29, 1.82) is 0 Å². The van der Waals surface area contributed by atoms with E-state index in [9.17, 15) is 4.79 Å². The van der Waals surface area contributed by atoms with E-state index in [2.05, 4.69) is 14.8 Å². The number of nitrogens with zero attached hydrogens (tertiary/aromatic N) is 3. The standard InChI is InChI=1S/C16H17ClN4O/c17-12-1-3-13(4-2-12)20-7-9-21(10-8-20)14-5-6-19-15(11-14)16(18)22/h1-6,11H,7-10H2,(H2,18,22). The lowest BCUT2D eigenvalue weighted by atomic mass is 10.2. The predicted molar refractivity (Wildman–Crippen MR) is 88.6 cm³/mol. The van der Waals surface area contributed by atoms with Gasteiger partial charge in [-0.05, 0) is 36.4 Å². The maximum Gasteiger partial charge on any atom is 0.267 e. The van der Waals surface area contributed by atoms with Crippen molar-refractivity contribution in [3.63, 3.8) is 0 Å². The molecule has 0 radical (unpaired) electrons. The van der Waals surface area contributed by atoms with Gasteiger partial charge in [0.25, 0.3) is 5.91 Å². The first-order valence-electron chi connectivity index (χ1n) is 7.15. The lowest BCUT2D eigenvalue weighted by Gasteiger charge is -2.37. The van der Waals surface area contributed by atoms with Crippen LogP contribution in [0, 0.1) is 0 Å². The molecular weight excluding hydrogens is 300 g/mol. The third kappa shape index (κ3) is 3.14. The fourth-order valence-corrected chi connectivity index (χ4v) is 2.75. The van der Waals surface area contributed by atoms with Crippen LogP contribution in [0.5, 0.6) is 0 Å². The summed E-state index contributed by atoms with van der Waals surface area (Å²) in [5.74, 6) is -0.498. The Morgan fingerprint density at radius 1 is 1.00 bits per heavy atom. The van der Waals surface area contributed by atoms with E-state index in [1.165, 1.54) is 5.69 Å². The van der Waals surface area contributed by atoms with Gasteiger partial charge in [-0.15, -0.1) is 0 Å². The van der Waals surface area contributed by atoms with E-state index in [1.807, 2.05) is 30.3 Å². The summed E-state index contributed by atoms with van der Waals surface area (Å²) in [6.07, 6.45) is 1.63. The van der Waals surface area contributed by atoms with Gasteiger partial charge in [-0.25, -0.2) is 0 Å². The lowest BCUT2D eigenvalue weighted by Crippen LogP contribution is -2.46. The SMILES string of the molecule is NC(=O)c1cc(N2CCN(c3ccc(Cl)cc3)CC2)ccn1. The van der Waals surface area contributed by atoms with Crippen LogP contribution in [-0.4, -0.2) is 37.1 Å². The summed E-state index contributed by atoms with van der Waals surface area (Å²) in [6, 6.07) is 11.5. The van der Waals surface area contributed by atoms with E-state index in [1.54, 1.807) is 12.3 Å². The number of halogens is 1. The molecule has 1 aliphatic rings. The Balaban J connectivity index is 1.67. The summed E-state index contributed by atoms with van der Waals surface area (Å²) in [5, 5.41) is 0.748. The molecule has 2 aromatic rings. The summed E-state index contributed by atoms with van der Waals surface area (Å²) >= 11 is 5.92. The molecule has 1 fully saturated rings. The molecule has 0 aliphatic carbocycles. The molecular formula is C16H17ClN4O. The van der Waals surface area contributed by atoms with Crippen molar-refractivity contribution in [2.45, 2.75) is 0 Å². The van der Waals surface area contributed by atoms with Crippen molar-refractivity contribution in [2.24, 2.45) is 5.73 Å².